The van der Waals surface area contributed by atoms with Gasteiger partial charge in [0, 0.05) is 0 Å². The number of aromatic hydroxyl groups is 1. The van der Waals surface area contributed by atoms with Gasteiger partial charge in [-0.15, -0.1) is 0 Å². The smallest absolute Gasteiger partial charge is 0.161 e. The molecular formula is C24H24O2. The Morgan fingerprint density at radius 2 is 1.42 bits per heavy atom. The molecule has 0 aliphatic heterocycles. The van der Waals surface area contributed by atoms with E-state index in [1.807, 2.05) is 19.1 Å². The molecule has 0 fully saturated rings. The van der Waals surface area contributed by atoms with Gasteiger partial charge in [-0.1, -0.05) is 73.2 Å². The maximum Gasteiger partial charge on any atom is 0.161 e. The van der Waals surface area contributed by atoms with Crippen molar-refractivity contribution in [3.05, 3.63) is 82.9 Å². The van der Waals surface area contributed by atoms with Crippen molar-refractivity contribution in [1.82, 2.24) is 0 Å². The van der Waals surface area contributed by atoms with Crippen molar-refractivity contribution in [2.24, 2.45) is 0 Å². The van der Waals surface area contributed by atoms with Gasteiger partial charge >= 0.3 is 0 Å². The highest BCUT2D eigenvalue weighted by atomic mass is 16.5. The minimum absolute atomic E-state index is 0.233. The maximum absolute atomic E-state index is 10.2. The van der Waals surface area contributed by atoms with Crippen molar-refractivity contribution >= 4 is 12.2 Å². The van der Waals surface area contributed by atoms with Crippen LogP contribution in [-0.2, 0) is 6.42 Å². The van der Waals surface area contributed by atoms with Crippen LogP contribution in [0.25, 0.3) is 23.3 Å². The molecule has 0 aliphatic rings. The number of hydrogen-bond donors (Lipinski definition) is 1. The molecule has 0 atom stereocenters. The molecule has 0 amide bonds. The molecule has 3 aromatic rings. The summed E-state index contributed by atoms with van der Waals surface area (Å²) in [5.41, 5.74) is 6.65. The van der Waals surface area contributed by atoms with Gasteiger partial charge < -0.3 is 9.84 Å². The van der Waals surface area contributed by atoms with Crippen LogP contribution in [0.2, 0.25) is 0 Å². The lowest BCUT2D eigenvalue weighted by molar-refractivity contribution is 0.371. The maximum atomic E-state index is 10.2. The summed E-state index contributed by atoms with van der Waals surface area (Å²) in [4.78, 5) is 0. The molecular weight excluding hydrogens is 320 g/mol. The zero-order valence-electron chi connectivity index (χ0n) is 15.5. The minimum atomic E-state index is 0.233. The monoisotopic (exact) mass is 344 g/mol. The first-order valence-electron chi connectivity index (χ1n) is 8.85. The normalized spacial score (nSPS) is 11.0. The first-order chi connectivity index (χ1) is 12.6. The lowest BCUT2D eigenvalue weighted by atomic mass is 9.99. The van der Waals surface area contributed by atoms with Crippen molar-refractivity contribution in [1.29, 1.82) is 0 Å². The second-order valence-corrected chi connectivity index (χ2v) is 6.41. The summed E-state index contributed by atoms with van der Waals surface area (Å²) in [6.45, 7) is 4.12. The van der Waals surface area contributed by atoms with Gasteiger partial charge in [0.2, 0.25) is 0 Å². The second-order valence-electron chi connectivity index (χ2n) is 6.41. The number of phenolic OH excluding ortho intramolecular Hbond substituents is 1. The summed E-state index contributed by atoms with van der Waals surface area (Å²) >= 11 is 0. The first kappa shape index (κ1) is 17.8. The molecule has 0 saturated heterocycles. The molecule has 0 bridgehead atoms. The van der Waals surface area contributed by atoms with E-state index in [9.17, 15) is 5.11 Å². The zero-order chi connectivity index (χ0) is 18.5. The topological polar surface area (TPSA) is 29.5 Å². The summed E-state index contributed by atoms with van der Waals surface area (Å²) < 4.78 is 5.31. The SMILES string of the molecule is CCc1cc(-c2ccc(/C=C/c3ccc(C)cc3)cc2)cc(OC)c1O. The molecule has 132 valence electrons. The number of aryl methyl sites for hydroxylation is 2. The van der Waals surface area contributed by atoms with Crippen LogP contribution in [0, 0.1) is 6.92 Å². The van der Waals surface area contributed by atoms with Crippen LogP contribution in [0.15, 0.2) is 60.7 Å². The average molecular weight is 344 g/mol. The Bertz CT molecular complexity index is 879. The summed E-state index contributed by atoms with van der Waals surface area (Å²) in [6, 6.07) is 20.8. The first-order valence-corrected chi connectivity index (χ1v) is 8.85. The Kier molecular flexibility index (Phi) is 5.43. The number of ether oxygens (including phenoxy) is 1. The van der Waals surface area contributed by atoms with Gasteiger partial charge in [-0.2, -0.15) is 0 Å². The fraction of sp³-hybridized carbons (Fsp3) is 0.167. The van der Waals surface area contributed by atoms with Crippen molar-refractivity contribution in [2.45, 2.75) is 20.3 Å². The van der Waals surface area contributed by atoms with Gasteiger partial charge in [0.1, 0.15) is 0 Å². The lowest BCUT2D eigenvalue weighted by Crippen LogP contribution is -1.91. The quantitative estimate of drug-likeness (QED) is 0.566. The summed E-state index contributed by atoms with van der Waals surface area (Å²) in [5, 5.41) is 10.2. The Labute approximate surface area is 155 Å². The predicted octanol–water partition coefficient (Wildman–Crippen LogP) is 6.11. The molecule has 2 heteroatoms. The third-order valence-corrected chi connectivity index (χ3v) is 4.54. The fourth-order valence-electron chi connectivity index (χ4n) is 2.91. The van der Waals surface area contributed by atoms with E-state index in [0.29, 0.717) is 5.75 Å². The standard InChI is InChI=1S/C24H24O2/c1-4-20-15-22(16-23(26-3)24(20)25)21-13-11-19(12-14-21)10-9-18-7-5-17(2)6-8-18/h5-16,25H,4H2,1-3H3/b10-9+. The highest BCUT2D eigenvalue weighted by Crippen LogP contribution is 2.35. The van der Waals surface area contributed by atoms with E-state index in [2.05, 4.69) is 67.6 Å². The third-order valence-electron chi connectivity index (χ3n) is 4.54. The van der Waals surface area contributed by atoms with E-state index < -0.39 is 0 Å². The molecule has 0 aliphatic carbocycles. The molecule has 0 radical (unpaired) electrons. The van der Waals surface area contributed by atoms with E-state index in [1.54, 1.807) is 7.11 Å². The van der Waals surface area contributed by atoms with Crippen LogP contribution < -0.4 is 4.74 Å². The number of benzene rings is 3. The van der Waals surface area contributed by atoms with Crippen LogP contribution in [0.4, 0.5) is 0 Å². The molecule has 2 nitrogen and oxygen atoms in total. The van der Waals surface area contributed by atoms with Crippen molar-refractivity contribution in [3.63, 3.8) is 0 Å². The van der Waals surface area contributed by atoms with Crippen molar-refractivity contribution in [3.8, 4) is 22.6 Å². The van der Waals surface area contributed by atoms with E-state index >= 15 is 0 Å². The molecule has 0 spiro atoms. The highest BCUT2D eigenvalue weighted by molar-refractivity contribution is 5.73. The average Bonchev–Trinajstić information content (AvgIpc) is 2.68. The summed E-state index contributed by atoms with van der Waals surface area (Å²) in [7, 11) is 1.58. The van der Waals surface area contributed by atoms with Gasteiger partial charge in [-0.05, 0) is 53.3 Å². The Balaban J connectivity index is 1.84. The van der Waals surface area contributed by atoms with E-state index in [1.165, 1.54) is 11.1 Å². The zero-order valence-corrected chi connectivity index (χ0v) is 15.5. The van der Waals surface area contributed by atoms with E-state index in [-0.39, 0.29) is 5.75 Å². The molecule has 0 heterocycles. The van der Waals surface area contributed by atoms with Gasteiger partial charge in [-0.3, -0.25) is 0 Å². The largest absolute Gasteiger partial charge is 0.504 e. The molecule has 1 N–H and O–H groups in total. The Morgan fingerprint density at radius 3 is 1.96 bits per heavy atom. The van der Waals surface area contributed by atoms with Crippen molar-refractivity contribution < 1.29 is 9.84 Å². The van der Waals surface area contributed by atoms with Gasteiger partial charge in [0.15, 0.2) is 11.5 Å². The molecule has 26 heavy (non-hydrogen) atoms. The molecule has 3 rings (SSSR count). The summed E-state index contributed by atoms with van der Waals surface area (Å²) in [6.07, 6.45) is 4.99. The molecule has 3 aromatic carbocycles. The van der Waals surface area contributed by atoms with Crippen molar-refractivity contribution in [2.75, 3.05) is 7.11 Å². The molecule has 0 unspecified atom stereocenters. The van der Waals surface area contributed by atoms with Crippen LogP contribution in [0.3, 0.4) is 0 Å². The number of phenols is 1. The molecule has 0 aromatic heterocycles. The van der Waals surface area contributed by atoms with Crippen LogP contribution >= 0.6 is 0 Å². The fourth-order valence-corrected chi connectivity index (χ4v) is 2.91. The predicted molar refractivity (Wildman–Crippen MR) is 110 cm³/mol. The Morgan fingerprint density at radius 1 is 0.846 bits per heavy atom. The van der Waals surface area contributed by atoms with E-state index in [4.69, 9.17) is 4.74 Å². The number of rotatable bonds is 5. The number of hydrogen-bond acceptors (Lipinski definition) is 2. The van der Waals surface area contributed by atoms with Crippen LogP contribution in [0.1, 0.15) is 29.2 Å². The Hall–Kier alpha value is -3.00. The van der Waals surface area contributed by atoms with Gasteiger partial charge in [0.25, 0.3) is 0 Å². The lowest BCUT2D eigenvalue weighted by Gasteiger charge is -2.11. The van der Waals surface area contributed by atoms with Gasteiger partial charge in [-0.25, -0.2) is 0 Å². The summed E-state index contributed by atoms with van der Waals surface area (Å²) in [5.74, 6) is 0.749. The highest BCUT2D eigenvalue weighted by Gasteiger charge is 2.10. The second kappa shape index (κ2) is 7.92. The minimum Gasteiger partial charge on any atom is -0.504 e. The third kappa shape index (κ3) is 3.97. The number of methoxy groups -OCH3 is 1. The van der Waals surface area contributed by atoms with Crippen LogP contribution in [-0.4, -0.2) is 12.2 Å². The van der Waals surface area contributed by atoms with Crippen LogP contribution in [0.5, 0.6) is 11.5 Å². The molecule has 0 saturated carbocycles. The van der Waals surface area contributed by atoms with E-state index in [0.717, 1.165) is 28.7 Å². The van der Waals surface area contributed by atoms with Gasteiger partial charge in [0.05, 0.1) is 7.11 Å².